The maximum atomic E-state index is 12.9. The summed E-state index contributed by atoms with van der Waals surface area (Å²) < 4.78 is 81.7. The highest BCUT2D eigenvalue weighted by molar-refractivity contribution is 5.99. The molecule has 134 valence electrons. The summed E-state index contributed by atoms with van der Waals surface area (Å²) in [6.07, 6.45) is -11.1. The Labute approximate surface area is 132 Å². The molecule has 1 fully saturated rings. The lowest BCUT2D eigenvalue weighted by Crippen LogP contribution is -2.50. The lowest BCUT2D eigenvalue weighted by molar-refractivity contribution is -0.221. The molecule has 2 N–H and O–H groups in total. The van der Waals surface area contributed by atoms with Crippen LogP contribution in [0.4, 0.5) is 32.2 Å². The van der Waals surface area contributed by atoms with Crippen molar-refractivity contribution in [3.8, 4) is 0 Å². The van der Waals surface area contributed by atoms with Gasteiger partial charge >= 0.3 is 12.4 Å². The lowest BCUT2D eigenvalue weighted by Gasteiger charge is -2.35. The monoisotopic (exact) mass is 357 g/mol. The molecule has 11 heteroatoms. The number of halogens is 6. The second kappa shape index (κ2) is 6.11. The molecular weight excluding hydrogens is 344 g/mol. The minimum Gasteiger partial charge on any atom is -0.365 e. The molecule has 1 aliphatic rings. The van der Waals surface area contributed by atoms with E-state index in [1.54, 1.807) is 0 Å². The topological polar surface area (TPSA) is 68.5 Å². The zero-order valence-corrected chi connectivity index (χ0v) is 12.3. The van der Waals surface area contributed by atoms with E-state index in [0.717, 1.165) is 11.8 Å². The molecule has 0 saturated carbocycles. The summed E-state index contributed by atoms with van der Waals surface area (Å²) in [6, 6.07) is 0. The van der Waals surface area contributed by atoms with Gasteiger partial charge in [0.05, 0.1) is 24.3 Å². The fourth-order valence-corrected chi connectivity index (χ4v) is 2.45. The summed E-state index contributed by atoms with van der Waals surface area (Å²) in [5.41, 5.74) is 2.94. The van der Waals surface area contributed by atoms with Crippen LogP contribution in [0.2, 0.25) is 0 Å². The zero-order valence-electron chi connectivity index (χ0n) is 12.3. The number of amides is 1. The van der Waals surface area contributed by atoms with Gasteiger partial charge in [-0.15, -0.1) is 0 Å². The van der Waals surface area contributed by atoms with Gasteiger partial charge in [0.25, 0.3) is 5.91 Å². The minimum atomic E-state index is -4.76. The average Bonchev–Trinajstić information content (AvgIpc) is 2.44. The van der Waals surface area contributed by atoms with Gasteiger partial charge in [-0.1, -0.05) is 0 Å². The normalized spacial score (nSPS) is 19.5. The van der Waals surface area contributed by atoms with Crippen molar-refractivity contribution in [1.82, 2.24) is 4.98 Å². The van der Waals surface area contributed by atoms with E-state index in [0.29, 0.717) is 6.20 Å². The predicted octanol–water partition coefficient (Wildman–Crippen LogP) is 2.28. The summed E-state index contributed by atoms with van der Waals surface area (Å²) >= 11 is 0. The van der Waals surface area contributed by atoms with E-state index < -0.39 is 47.6 Å². The Morgan fingerprint density at radius 3 is 2.46 bits per heavy atom. The van der Waals surface area contributed by atoms with E-state index in [1.165, 1.54) is 0 Å². The Morgan fingerprint density at radius 2 is 1.96 bits per heavy atom. The number of nitrogens with two attached hydrogens (primary N) is 1. The number of alkyl halides is 6. The summed E-state index contributed by atoms with van der Waals surface area (Å²) in [5.74, 6) is -1.51. The van der Waals surface area contributed by atoms with E-state index in [1.807, 2.05) is 0 Å². The fraction of sp³-hybridized carbons (Fsp3) is 0.538. The van der Waals surface area contributed by atoms with E-state index in [4.69, 9.17) is 5.73 Å². The number of pyridine rings is 1. The molecule has 0 radical (unpaired) electrons. The van der Waals surface area contributed by atoms with Crippen molar-refractivity contribution in [3.05, 3.63) is 22.9 Å². The van der Waals surface area contributed by atoms with Gasteiger partial charge in [0.1, 0.15) is 5.82 Å². The number of carbonyl (C=O) groups excluding carboxylic acids is 1. The van der Waals surface area contributed by atoms with Crippen LogP contribution >= 0.6 is 0 Å². The van der Waals surface area contributed by atoms with Gasteiger partial charge < -0.3 is 15.4 Å². The first-order chi connectivity index (χ1) is 10.9. The Balaban J connectivity index is 2.47. The molecule has 2 rings (SSSR count). The molecule has 1 aromatic heterocycles. The predicted molar refractivity (Wildman–Crippen MR) is 70.5 cm³/mol. The van der Waals surface area contributed by atoms with Gasteiger partial charge in [0.2, 0.25) is 0 Å². The molecule has 2 heterocycles. The number of primary amides is 1. The molecule has 0 aliphatic carbocycles. The number of hydrogen-bond acceptors (Lipinski definition) is 4. The quantitative estimate of drug-likeness (QED) is 0.825. The van der Waals surface area contributed by atoms with Crippen molar-refractivity contribution in [2.24, 2.45) is 5.73 Å². The Bertz CT molecular complexity index is 644. The van der Waals surface area contributed by atoms with Crippen LogP contribution < -0.4 is 10.6 Å². The van der Waals surface area contributed by atoms with Gasteiger partial charge in [-0.25, -0.2) is 4.98 Å². The first-order valence-electron chi connectivity index (χ1n) is 6.72. The Kier molecular flexibility index (Phi) is 4.66. The van der Waals surface area contributed by atoms with Gasteiger partial charge in [0.15, 0.2) is 6.10 Å². The number of ether oxygens (including phenoxy) is 1. The van der Waals surface area contributed by atoms with Crippen molar-refractivity contribution < 1.29 is 35.9 Å². The molecule has 1 amide bonds. The molecule has 0 aromatic carbocycles. The van der Waals surface area contributed by atoms with Gasteiger partial charge in [0, 0.05) is 12.7 Å². The maximum absolute atomic E-state index is 12.9. The van der Waals surface area contributed by atoms with Crippen molar-refractivity contribution >= 4 is 11.7 Å². The molecular formula is C13H13F6N3O2. The van der Waals surface area contributed by atoms with Crippen LogP contribution in [0.5, 0.6) is 0 Å². The summed E-state index contributed by atoms with van der Waals surface area (Å²) in [7, 11) is 0. The molecule has 24 heavy (non-hydrogen) atoms. The number of rotatable bonds is 2. The average molecular weight is 357 g/mol. The summed E-state index contributed by atoms with van der Waals surface area (Å²) in [4.78, 5) is 16.2. The highest BCUT2D eigenvalue weighted by Crippen LogP contribution is 2.36. The van der Waals surface area contributed by atoms with Crippen molar-refractivity contribution in [3.63, 3.8) is 0 Å². The van der Waals surface area contributed by atoms with E-state index in [9.17, 15) is 31.1 Å². The number of aromatic nitrogens is 1. The van der Waals surface area contributed by atoms with E-state index >= 15 is 0 Å². The molecule has 1 atom stereocenters. The number of anilines is 1. The number of nitrogens with zero attached hydrogens (tertiary/aromatic N) is 2. The fourth-order valence-electron chi connectivity index (χ4n) is 2.45. The summed E-state index contributed by atoms with van der Waals surface area (Å²) in [5, 5.41) is 0. The molecule has 0 spiro atoms. The molecule has 1 saturated heterocycles. The van der Waals surface area contributed by atoms with Gasteiger partial charge in [-0.2, -0.15) is 26.3 Å². The highest BCUT2D eigenvalue weighted by Gasteiger charge is 2.44. The molecule has 0 unspecified atom stereocenters. The van der Waals surface area contributed by atoms with Crippen LogP contribution in [0.25, 0.3) is 0 Å². The Hall–Kier alpha value is -2.04. The molecule has 0 bridgehead atoms. The van der Waals surface area contributed by atoms with E-state index in [-0.39, 0.29) is 19.0 Å². The first-order valence-corrected chi connectivity index (χ1v) is 6.72. The standard InChI is InChI=1S/C13H13F6N3O2/c1-6-7(12(14,15)16)4-21-11(9(6)10(20)23)22-2-3-24-8(5-22)13(17,18)19/h4,8H,2-3,5H2,1H3,(H2,20,23)/t8-/m0/s1. The van der Waals surface area contributed by atoms with Crippen molar-refractivity contribution in [1.29, 1.82) is 0 Å². The zero-order chi connectivity index (χ0) is 18.3. The highest BCUT2D eigenvalue weighted by atomic mass is 19.4. The summed E-state index contributed by atoms with van der Waals surface area (Å²) in [6.45, 7) is -0.0494. The van der Waals surface area contributed by atoms with Gasteiger partial charge in [-0.3, -0.25) is 4.79 Å². The van der Waals surface area contributed by atoms with Crippen LogP contribution in [0.15, 0.2) is 6.20 Å². The third kappa shape index (κ3) is 3.55. The molecule has 1 aromatic rings. The third-order valence-corrected chi connectivity index (χ3v) is 3.60. The second-order valence-corrected chi connectivity index (χ2v) is 5.20. The minimum absolute atomic E-state index is 0.0648. The van der Waals surface area contributed by atoms with Crippen LogP contribution in [0.3, 0.4) is 0 Å². The largest absolute Gasteiger partial charge is 0.418 e. The van der Waals surface area contributed by atoms with Crippen LogP contribution in [0.1, 0.15) is 21.5 Å². The lowest BCUT2D eigenvalue weighted by atomic mass is 10.0. The number of morpholine rings is 1. The van der Waals surface area contributed by atoms with Crippen LogP contribution in [0, 0.1) is 6.92 Å². The Morgan fingerprint density at radius 1 is 1.33 bits per heavy atom. The third-order valence-electron chi connectivity index (χ3n) is 3.60. The number of hydrogen-bond donors (Lipinski definition) is 1. The van der Waals surface area contributed by atoms with Crippen LogP contribution in [-0.4, -0.2) is 42.9 Å². The molecule has 5 nitrogen and oxygen atoms in total. The van der Waals surface area contributed by atoms with E-state index in [2.05, 4.69) is 9.72 Å². The second-order valence-electron chi connectivity index (χ2n) is 5.20. The maximum Gasteiger partial charge on any atom is 0.418 e. The number of carbonyl (C=O) groups is 1. The molecule has 1 aliphatic heterocycles. The van der Waals surface area contributed by atoms with Gasteiger partial charge in [-0.05, 0) is 12.5 Å². The van der Waals surface area contributed by atoms with Crippen molar-refractivity contribution in [2.45, 2.75) is 25.4 Å². The smallest absolute Gasteiger partial charge is 0.365 e. The van der Waals surface area contributed by atoms with Crippen LogP contribution in [-0.2, 0) is 10.9 Å². The van der Waals surface area contributed by atoms with Crippen molar-refractivity contribution in [2.75, 3.05) is 24.6 Å². The SMILES string of the molecule is Cc1c(C(F)(F)F)cnc(N2CCO[C@H](C(F)(F)F)C2)c1C(N)=O. The first kappa shape index (κ1) is 18.3.